The first kappa shape index (κ1) is 17.6. The summed E-state index contributed by atoms with van der Waals surface area (Å²) in [5.41, 5.74) is 2.57. The zero-order valence-corrected chi connectivity index (χ0v) is 15.6. The molecule has 0 atom stereocenters. The van der Waals surface area contributed by atoms with Crippen molar-refractivity contribution in [3.8, 4) is 0 Å². The fourth-order valence-electron chi connectivity index (χ4n) is 3.09. The Kier molecular flexibility index (Phi) is 4.87. The van der Waals surface area contributed by atoms with E-state index in [-0.39, 0.29) is 0 Å². The van der Waals surface area contributed by atoms with Crippen molar-refractivity contribution in [3.63, 3.8) is 0 Å². The molecule has 0 unspecified atom stereocenters. The highest BCUT2D eigenvalue weighted by Crippen LogP contribution is 2.18. The predicted octanol–water partition coefficient (Wildman–Crippen LogP) is 2.75. The molecule has 0 saturated carbocycles. The monoisotopic (exact) mass is 380 g/mol. The number of piperazine rings is 1. The number of para-hydroxylation sites is 2. The molecule has 2 heterocycles. The first-order valence-corrected chi connectivity index (χ1v) is 10.3. The molecule has 138 valence electrons. The van der Waals surface area contributed by atoms with Crippen molar-refractivity contribution < 1.29 is 8.42 Å². The molecule has 3 aromatic rings. The summed E-state index contributed by atoms with van der Waals surface area (Å²) in [6.07, 6.45) is 3.39. The molecule has 0 N–H and O–H groups in total. The van der Waals surface area contributed by atoms with Crippen molar-refractivity contribution in [3.05, 3.63) is 71.8 Å². The highest BCUT2D eigenvalue weighted by atomic mass is 32.2. The van der Waals surface area contributed by atoms with Crippen LogP contribution in [0.1, 0.15) is 5.56 Å². The quantitative estimate of drug-likeness (QED) is 0.696. The van der Waals surface area contributed by atoms with E-state index < -0.39 is 10.0 Å². The summed E-state index contributed by atoms with van der Waals surface area (Å²) in [5.74, 6) is 0.783. The van der Waals surface area contributed by atoms with E-state index in [2.05, 4.69) is 14.9 Å². The van der Waals surface area contributed by atoms with E-state index in [1.54, 1.807) is 12.3 Å². The molecule has 0 aliphatic carbocycles. The number of rotatable bonds is 4. The molecule has 1 aliphatic heterocycles. The summed E-state index contributed by atoms with van der Waals surface area (Å²) in [5, 5.41) is 1.29. The standard InChI is InChI=1S/C20H20N4O2S/c25-27(26,15-10-17-6-2-1-3-7-17)24-13-11-23(12-14-24)20-16-21-18-8-4-5-9-19(18)22-20/h1-10,15-16H,11-14H2. The average molecular weight is 380 g/mol. The van der Waals surface area contributed by atoms with Gasteiger partial charge in [-0.3, -0.25) is 4.98 Å². The first-order valence-electron chi connectivity index (χ1n) is 8.82. The summed E-state index contributed by atoms with van der Waals surface area (Å²) < 4.78 is 26.7. The molecule has 1 aliphatic rings. The SMILES string of the molecule is O=S(=O)(C=Cc1ccccc1)N1CCN(c2cnc3ccccc3n2)CC1. The predicted molar refractivity (Wildman–Crippen MR) is 108 cm³/mol. The lowest BCUT2D eigenvalue weighted by Gasteiger charge is -2.33. The van der Waals surface area contributed by atoms with Crippen molar-refractivity contribution in [1.29, 1.82) is 0 Å². The van der Waals surface area contributed by atoms with Gasteiger partial charge in [-0.05, 0) is 23.8 Å². The zero-order chi connectivity index (χ0) is 18.7. The van der Waals surface area contributed by atoms with Gasteiger partial charge in [-0.15, -0.1) is 0 Å². The first-order chi connectivity index (χ1) is 13.1. The number of fused-ring (bicyclic) bond motifs is 1. The number of aromatic nitrogens is 2. The van der Waals surface area contributed by atoms with Crippen LogP contribution in [0.25, 0.3) is 17.1 Å². The van der Waals surface area contributed by atoms with Gasteiger partial charge in [-0.25, -0.2) is 13.4 Å². The van der Waals surface area contributed by atoms with Gasteiger partial charge in [0.2, 0.25) is 10.0 Å². The van der Waals surface area contributed by atoms with Crippen molar-refractivity contribution in [1.82, 2.24) is 14.3 Å². The van der Waals surface area contributed by atoms with Crippen LogP contribution in [-0.2, 0) is 10.0 Å². The lowest BCUT2D eigenvalue weighted by atomic mass is 10.2. The number of nitrogens with zero attached hydrogens (tertiary/aromatic N) is 4. The summed E-state index contributed by atoms with van der Waals surface area (Å²) in [6.45, 7) is 2.03. The van der Waals surface area contributed by atoms with Crippen LogP contribution in [0.15, 0.2) is 66.2 Å². The molecule has 0 spiro atoms. The van der Waals surface area contributed by atoms with E-state index in [9.17, 15) is 8.42 Å². The van der Waals surface area contributed by atoms with Crippen molar-refractivity contribution in [2.24, 2.45) is 0 Å². The Labute approximate surface area is 158 Å². The van der Waals surface area contributed by atoms with Crippen LogP contribution in [0.5, 0.6) is 0 Å². The van der Waals surface area contributed by atoms with E-state index >= 15 is 0 Å². The van der Waals surface area contributed by atoms with Gasteiger partial charge in [0.25, 0.3) is 0 Å². The van der Waals surface area contributed by atoms with Gasteiger partial charge in [0, 0.05) is 31.6 Å². The summed E-state index contributed by atoms with van der Waals surface area (Å²) in [4.78, 5) is 11.2. The summed E-state index contributed by atoms with van der Waals surface area (Å²) in [7, 11) is -3.43. The number of hydrogen-bond acceptors (Lipinski definition) is 5. The molecular formula is C20H20N4O2S. The minimum Gasteiger partial charge on any atom is -0.353 e. The van der Waals surface area contributed by atoms with Crippen LogP contribution in [0.2, 0.25) is 0 Å². The van der Waals surface area contributed by atoms with E-state index in [0.717, 1.165) is 22.4 Å². The largest absolute Gasteiger partial charge is 0.353 e. The number of benzene rings is 2. The molecule has 4 rings (SSSR count). The molecule has 6 nitrogen and oxygen atoms in total. The smallest absolute Gasteiger partial charge is 0.236 e. The minimum atomic E-state index is -3.43. The molecule has 0 bridgehead atoms. The number of hydrogen-bond donors (Lipinski definition) is 0. The lowest BCUT2D eigenvalue weighted by molar-refractivity contribution is 0.389. The van der Waals surface area contributed by atoms with Crippen LogP contribution in [0.4, 0.5) is 5.82 Å². The molecule has 1 aromatic heterocycles. The van der Waals surface area contributed by atoms with E-state index in [1.165, 1.54) is 9.71 Å². The second kappa shape index (κ2) is 7.46. The van der Waals surface area contributed by atoms with Crippen LogP contribution in [-0.4, -0.2) is 48.9 Å². The number of anilines is 1. The Hall–Kier alpha value is -2.77. The molecule has 27 heavy (non-hydrogen) atoms. The van der Waals surface area contributed by atoms with E-state index in [1.807, 2.05) is 54.6 Å². The van der Waals surface area contributed by atoms with Crippen molar-refractivity contribution in [2.75, 3.05) is 31.1 Å². The zero-order valence-electron chi connectivity index (χ0n) is 14.8. The maximum absolute atomic E-state index is 12.6. The maximum Gasteiger partial charge on any atom is 0.236 e. The van der Waals surface area contributed by atoms with Crippen LogP contribution in [0, 0.1) is 0 Å². The maximum atomic E-state index is 12.6. The molecule has 0 radical (unpaired) electrons. The Balaban J connectivity index is 1.44. The highest BCUT2D eigenvalue weighted by Gasteiger charge is 2.25. The van der Waals surface area contributed by atoms with Gasteiger partial charge in [0.1, 0.15) is 5.82 Å². The molecule has 7 heteroatoms. The van der Waals surface area contributed by atoms with E-state index in [4.69, 9.17) is 0 Å². The third-order valence-electron chi connectivity index (χ3n) is 4.59. The van der Waals surface area contributed by atoms with Gasteiger partial charge >= 0.3 is 0 Å². The van der Waals surface area contributed by atoms with Gasteiger partial charge in [-0.2, -0.15) is 4.31 Å². The third kappa shape index (κ3) is 3.99. The lowest BCUT2D eigenvalue weighted by Crippen LogP contribution is -2.48. The van der Waals surface area contributed by atoms with Crippen LogP contribution < -0.4 is 4.90 Å². The van der Waals surface area contributed by atoms with Crippen molar-refractivity contribution in [2.45, 2.75) is 0 Å². The fourth-order valence-corrected chi connectivity index (χ4v) is 4.26. The summed E-state index contributed by atoms with van der Waals surface area (Å²) >= 11 is 0. The Morgan fingerprint density at radius 1 is 0.852 bits per heavy atom. The molecular weight excluding hydrogens is 360 g/mol. The van der Waals surface area contributed by atoms with Gasteiger partial charge < -0.3 is 4.90 Å². The normalized spacial score (nSPS) is 16.2. The molecule has 1 saturated heterocycles. The average Bonchev–Trinajstić information content (AvgIpc) is 2.73. The topological polar surface area (TPSA) is 66.4 Å². The molecule has 2 aromatic carbocycles. The Bertz CT molecular complexity index is 1060. The highest BCUT2D eigenvalue weighted by molar-refractivity contribution is 7.92. The van der Waals surface area contributed by atoms with Gasteiger partial charge in [0.15, 0.2) is 0 Å². The summed E-state index contributed by atoms with van der Waals surface area (Å²) in [6, 6.07) is 17.2. The van der Waals surface area contributed by atoms with Crippen LogP contribution >= 0.6 is 0 Å². The van der Waals surface area contributed by atoms with Crippen molar-refractivity contribution >= 4 is 33.0 Å². The second-order valence-electron chi connectivity index (χ2n) is 6.36. The second-order valence-corrected chi connectivity index (χ2v) is 8.18. The Morgan fingerprint density at radius 2 is 1.52 bits per heavy atom. The molecule has 1 fully saturated rings. The number of sulfonamides is 1. The van der Waals surface area contributed by atoms with Gasteiger partial charge in [0.05, 0.1) is 17.2 Å². The van der Waals surface area contributed by atoms with E-state index in [0.29, 0.717) is 26.2 Å². The van der Waals surface area contributed by atoms with Crippen LogP contribution in [0.3, 0.4) is 0 Å². The molecule has 0 amide bonds. The minimum absolute atomic E-state index is 0.427. The fraction of sp³-hybridized carbons (Fsp3) is 0.200. The third-order valence-corrected chi connectivity index (χ3v) is 6.16. The Morgan fingerprint density at radius 3 is 2.26 bits per heavy atom. The van der Waals surface area contributed by atoms with Gasteiger partial charge in [-0.1, -0.05) is 42.5 Å².